The van der Waals surface area contributed by atoms with Gasteiger partial charge in [0.2, 0.25) is 15.9 Å². The number of hydrogen-bond acceptors (Lipinski definition) is 4. The predicted octanol–water partition coefficient (Wildman–Crippen LogP) is -0.136. The third-order valence-electron chi connectivity index (χ3n) is 2.48. The third kappa shape index (κ3) is 4.04. The number of aryl methyl sites for hydroxylation is 2. The van der Waals surface area contributed by atoms with Gasteiger partial charge in [0.05, 0.1) is 11.4 Å². The highest BCUT2D eigenvalue weighted by Crippen LogP contribution is 2.18. The van der Waals surface area contributed by atoms with E-state index in [2.05, 4.69) is 0 Å². The first-order chi connectivity index (χ1) is 9.12. The first-order valence-corrected chi connectivity index (χ1v) is 7.15. The van der Waals surface area contributed by atoms with E-state index < -0.39 is 35.0 Å². The lowest BCUT2D eigenvalue weighted by Crippen LogP contribution is -2.41. The van der Waals surface area contributed by atoms with Gasteiger partial charge in [-0.3, -0.25) is 9.59 Å². The second-order valence-electron chi connectivity index (χ2n) is 4.46. The summed E-state index contributed by atoms with van der Waals surface area (Å²) in [6, 6.07) is 4.62. The summed E-state index contributed by atoms with van der Waals surface area (Å²) in [6.07, 6.45) is 0. The fraction of sp³-hybridized carbons (Fsp3) is 0.333. The molecular formula is C12H16N2O5S. The number of sulfonamides is 1. The molecule has 0 atom stereocenters. The van der Waals surface area contributed by atoms with E-state index in [1.54, 1.807) is 19.9 Å². The minimum absolute atomic E-state index is 0.0579. The molecule has 1 aromatic carbocycles. The molecule has 0 heterocycles. The van der Waals surface area contributed by atoms with Gasteiger partial charge in [0.25, 0.3) is 0 Å². The van der Waals surface area contributed by atoms with Crippen LogP contribution in [0.4, 0.5) is 0 Å². The lowest BCUT2D eigenvalue weighted by Gasteiger charge is -2.19. The second-order valence-corrected chi connectivity index (χ2v) is 6.39. The van der Waals surface area contributed by atoms with Crippen molar-refractivity contribution in [2.75, 3.05) is 13.1 Å². The standard InChI is InChI=1S/C12H16N2O5S/c1-8-3-9(2)5-10(4-8)20(18,19)14(6-11(13)15)7-12(16)17/h3-5H,6-7H2,1-2H3,(H2,13,15)(H,16,17). The largest absolute Gasteiger partial charge is 0.480 e. The molecule has 0 fully saturated rings. The van der Waals surface area contributed by atoms with Gasteiger partial charge in [0, 0.05) is 0 Å². The zero-order valence-electron chi connectivity index (χ0n) is 11.2. The first kappa shape index (κ1) is 16.1. The maximum atomic E-state index is 12.4. The van der Waals surface area contributed by atoms with Crippen LogP contribution in [-0.4, -0.2) is 42.8 Å². The zero-order valence-corrected chi connectivity index (χ0v) is 12.0. The summed E-state index contributed by atoms with van der Waals surface area (Å²) in [5, 5.41) is 8.76. The van der Waals surface area contributed by atoms with Crippen molar-refractivity contribution in [3.05, 3.63) is 29.3 Å². The summed E-state index contributed by atoms with van der Waals surface area (Å²) in [5.74, 6) is -2.28. The molecule has 0 aliphatic carbocycles. The Morgan fingerprint density at radius 1 is 1.15 bits per heavy atom. The Bertz CT molecular complexity index is 603. The Hall–Kier alpha value is -1.93. The molecule has 0 unspecified atom stereocenters. The first-order valence-electron chi connectivity index (χ1n) is 5.71. The van der Waals surface area contributed by atoms with E-state index in [1.807, 2.05) is 0 Å². The summed E-state index contributed by atoms with van der Waals surface area (Å²) in [4.78, 5) is 21.6. The fourth-order valence-corrected chi connectivity index (χ4v) is 3.33. The molecule has 0 saturated heterocycles. The highest BCUT2D eigenvalue weighted by atomic mass is 32.2. The molecule has 0 aliphatic heterocycles. The van der Waals surface area contributed by atoms with Crippen molar-refractivity contribution in [2.24, 2.45) is 5.73 Å². The van der Waals surface area contributed by atoms with Gasteiger partial charge in [-0.25, -0.2) is 8.42 Å². The Labute approximate surface area is 117 Å². The van der Waals surface area contributed by atoms with Crippen LogP contribution in [0, 0.1) is 13.8 Å². The van der Waals surface area contributed by atoms with Crippen molar-refractivity contribution in [3.8, 4) is 0 Å². The van der Waals surface area contributed by atoms with E-state index in [0.717, 1.165) is 11.1 Å². The molecule has 1 amide bonds. The number of carbonyl (C=O) groups is 2. The quantitative estimate of drug-likeness (QED) is 0.758. The zero-order chi connectivity index (χ0) is 15.5. The van der Waals surface area contributed by atoms with Crippen LogP contribution < -0.4 is 5.73 Å². The minimum atomic E-state index is -4.08. The number of nitrogens with zero attached hydrogens (tertiary/aromatic N) is 1. The van der Waals surface area contributed by atoms with Crippen LogP contribution in [0.2, 0.25) is 0 Å². The molecule has 20 heavy (non-hydrogen) atoms. The van der Waals surface area contributed by atoms with Crippen LogP contribution in [-0.2, 0) is 19.6 Å². The molecule has 8 heteroatoms. The number of amides is 1. The van der Waals surface area contributed by atoms with Crippen LogP contribution in [0.25, 0.3) is 0 Å². The number of aliphatic carboxylic acids is 1. The van der Waals surface area contributed by atoms with E-state index in [9.17, 15) is 18.0 Å². The van der Waals surface area contributed by atoms with Crippen molar-refractivity contribution in [2.45, 2.75) is 18.7 Å². The summed E-state index contributed by atoms with van der Waals surface area (Å²) in [5.41, 5.74) is 6.41. The summed E-state index contributed by atoms with van der Waals surface area (Å²) >= 11 is 0. The summed E-state index contributed by atoms with van der Waals surface area (Å²) in [6.45, 7) is 1.95. The van der Waals surface area contributed by atoms with Crippen molar-refractivity contribution < 1.29 is 23.1 Å². The average Bonchev–Trinajstić information content (AvgIpc) is 2.25. The second kappa shape index (κ2) is 6.02. The van der Waals surface area contributed by atoms with Crippen LogP contribution in [0.15, 0.2) is 23.1 Å². The molecule has 0 spiro atoms. The fourth-order valence-electron chi connectivity index (χ4n) is 1.78. The number of carboxylic acids is 1. The molecule has 1 aromatic rings. The van der Waals surface area contributed by atoms with Crippen molar-refractivity contribution >= 4 is 21.9 Å². The minimum Gasteiger partial charge on any atom is -0.480 e. The third-order valence-corrected chi connectivity index (χ3v) is 4.25. The molecule has 7 nitrogen and oxygen atoms in total. The molecule has 110 valence electrons. The van der Waals surface area contributed by atoms with Gasteiger partial charge in [-0.2, -0.15) is 4.31 Å². The number of benzene rings is 1. The summed E-state index contributed by atoms with van der Waals surface area (Å²) in [7, 11) is -4.08. The van der Waals surface area contributed by atoms with Crippen molar-refractivity contribution in [3.63, 3.8) is 0 Å². The van der Waals surface area contributed by atoms with Crippen LogP contribution >= 0.6 is 0 Å². The van der Waals surface area contributed by atoms with Gasteiger partial charge in [-0.1, -0.05) is 6.07 Å². The van der Waals surface area contributed by atoms with Crippen LogP contribution in [0.3, 0.4) is 0 Å². The number of rotatable bonds is 6. The molecule has 0 aliphatic rings. The summed E-state index contributed by atoms with van der Waals surface area (Å²) < 4.78 is 25.3. The van der Waals surface area contributed by atoms with E-state index >= 15 is 0 Å². The maximum absolute atomic E-state index is 12.4. The maximum Gasteiger partial charge on any atom is 0.318 e. The SMILES string of the molecule is Cc1cc(C)cc(S(=O)(=O)N(CC(N)=O)CC(=O)O)c1. The predicted molar refractivity (Wildman–Crippen MR) is 71.5 cm³/mol. The Kier molecular flexibility index (Phi) is 4.85. The Balaban J connectivity index is 3.27. The van der Waals surface area contributed by atoms with E-state index in [0.29, 0.717) is 4.31 Å². The molecule has 1 rings (SSSR count). The normalized spacial score (nSPS) is 11.6. The lowest BCUT2D eigenvalue weighted by atomic mass is 10.2. The van der Waals surface area contributed by atoms with Gasteiger partial charge in [0.15, 0.2) is 0 Å². The van der Waals surface area contributed by atoms with Crippen molar-refractivity contribution in [1.29, 1.82) is 0 Å². The van der Waals surface area contributed by atoms with E-state index in [4.69, 9.17) is 10.8 Å². The van der Waals surface area contributed by atoms with Gasteiger partial charge in [-0.05, 0) is 37.1 Å². The lowest BCUT2D eigenvalue weighted by molar-refractivity contribution is -0.137. The monoisotopic (exact) mass is 300 g/mol. The van der Waals surface area contributed by atoms with E-state index in [1.165, 1.54) is 12.1 Å². The molecule has 0 aromatic heterocycles. The average molecular weight is 300 g/mol. The van der Waals surface area contributed by atoms with Gasteiger partial charge in [-0.15, -0.1) is 0 Å². The number of hydrogen-bond donors (Lipinski definition) is 2. The number of carbonyl (C=O) groups excluding carboxylic acids is 1. The van der Waals surface area contributed by atoms with Gasteiger partial charge >= 0.3 is 5.97 Å². The molecule has 0 saturated carbocycles. The molecular weight excluding hydrogens is 284 g/mol. The number of primary amides is 1. The molecule has 0 radical (unpaired) electrons. The molecule has 3 N–H and O–H groups in total. The Morgan fingerprint density at radius 2 is 1.65 bits per heavy atom. The smallest absolute Gasteiger partial charge is 0.318 e. The van der Waals surface area contributed by atoms with Crippen LogP contribution in [0.1, 0.15) is 11.1 Å². The number of carboxylic acid groups (broad SMARTS) is 1. The highest BCUT2D eigenvalue weighted by molar-refractivity contribution is 7.89. The van der Waals surface area contributed by atoms with Gasteiger partial charge in [0.1, 0.15) is 6.54 Å². The molecule has 0 bridgehead atoms. The van der Waals surface area contributed by atoms with E-state index in [-0.39, 0.29) is 4.90 Å². The van der Waals surface area contributed by atoms with Gasteiger partial charge < -0.3 is 10.8 Å². The van der Waals surface area contributed by atoms with Crippen LogP contribution in [0.5, 0.6) is 0 Å². The highest BCUT2D eigenvalue weighted by Gasteiger charge is 2.28. The Morgan fingerprint density at radius 3 is 2.05 bits per heavy atom. The topological polar surface area (TPSA) is 118 Å². The van der Waals surface area contributed by atoms with Crippen molar-refractivity contribution in [1.82, 2.24) is 4.31 Å². The number of nitrogens with two attached hydrogens (primary N) is 1.